The second-order valence-corrected chi connectivity index (χ2v) is 17.3. The van der Waals surface area contributed by atoms with Crippen LogP contribution < -0.4 is 10.7 Å². The summed E-state index contributed by atoms with van der Waals surface area (Å²) in [6.07, 6.45) is 5.32. The summed E-state index contributed by atoms with van der Waals surface area (Å²) in [4.78, 5) is 55.6. The first-order chi connectivity index (χ1) is 26.9. The van der Waals surface area contributed by atoms with E-state index in [4.69, 9.17) is 19.4 Å². The number of cyclic esters (lactones) is 1. The second kappa shape index (κ2) is 16.6. The summed E-state index contributed by atoms with van der Waals surface area (Å²) in [6, 6.07) is 9.14. The zero-order valence-electron chi connectivity index (χ0n) is 33.8. The number of hydrazine groups is 1. The number of urea groups is 1. The monoisotopic (exact) mass is 784 g/mol. The zero-order valence-corrected chi connectivity index (χ0v) is 34.6. The van der Waals surface area contributed by atoms with Gasteiger partial charge in [-0.1, -0.05) is 19.9 Å². The quantitative estimate of drug-likeness (QED) is 0.232. The molecule has 13 nitrogen and oxygen atoms in total. The number of piperidine rings is 1. The molecule has 300 valence electrons. The highest BCUT2D eigenvalue weighted by Gasteiger charge is 2.36. The highest BCUT2D eigenvalue weighted by atomic mass is 32.1. The highest BCUT2D eigenvalue weighted by molar-refractivity contribution is 7.10. The average Bonchev–Trinajstić information content (AvgIpc) is 3.80. The summed E-state index contributed by atoms with van der Waals surface area (Å²) >= 11 is 1.48. The number of esters is 1. The van der Waals surface area contributed by atoms with E-state index in [-0.39, 0.29) is 31.1 Å². The molecule has 0 aliphatic carbocycles. The van der Waals surface area contributed by atoms with Gasteiger partial charge in [0.25, 0.3) is 5.91 Å². The van der Waals surface area contributed by atoms with Crippen LogP contribution in [-0.2, 0) is 38.4 Å². The Morgan fingerprint density at radius 3 is 2.68 bits per heavy atom. The molecule has 14 heteroatoms. The van der Waals surface area contributed by atoms with E-state index in [2.05, 4.69) is 79.3 Å². The number of pyridine rings is 1. The highest BCUT2D eigenvalue weighted by Crippen LogP contribution is 2.42. The number of ether oxygens (including phenoxy) is 2. The molecule has 0 spiro atoms. The summed E-state index contributed by atoms with van der Waals surface area (Å²) < 4.78 is 14.2. The number of hydrogen-bond donors (Lipinski definition) is 2. The van der Waals surface area contributed by atoms with Gasteiger partial charge in [0.15, 0.2) is 0 Å². The van der Waals surface area contributed by atoms with Crippen LogP contribution in [0.2, 0.25) is 0 Å². The van der Waals surface area contributed by atoms with Crippen molar-refractivity contribution in [3.63, 3.8) is 0 Å². The van der Waals surface area contributed by atoms with E-state index in [1.54, 1.807) is 18.2 Å². The van der Waals surface area contributed by atoms with Crippen LogP contribution in [-0.4, -0.2) is 113 Å². The number of rotatable bonds is 6. The van der Waals surface area contributed by atoms with E-state index in [1.165, 1.54) is 16.3 Å². The van der Waals surface area contributed by atoms with Crippen LogP contribution in [0.1, 0.15) is 75.7 Å². The fourth-order valence-corrected chi connectivity index (χ4v) is 9.24. The molecule has 3 aliphatic rings. The van der Waals surface area contributed by atoms with E-state index in [9.17, 15) is 14.4 Å². The van der Waals surface area contributed by atoms with Crippen molar-refractivity contribution in [1.82, 2.24) is 40.1 Å². The lowest BCUT2D eigenvalue weighted by atomic mass is 9.84. The minimum atomic E-state index is -0.883. The fourth-order valence-electron chi connectivity index (χ4n) is 8.39. The number of nitrogens with zero attached hydrogens (tertiary/aromatic N) is 6. The maximum absolute atomic E-state index is 14.3. The summed E-state index contributed by atoms with van der Waals surface area (Å²) in [6.45, 7) is 11.0. The van der Waals surface area contributed by atoms with Crippen LogP contribution in [0.5, 0.6) is 0 Å². The maximum atomic E-state index is 14.3. The SMILES string of the molecule is CCn1c(-c2cccnc2[C@H](C)OC)c2c3cc(ccc31)-c1csc(n1)C[C@H](NC(=O)N1CCC(N(C)C)CC1)C(=O)N1CCC[C@H](N1)C(=O)OCC(C)(C)C2. The topological polar surface area (TPSA) is 134 Å². The molecule has 3 amide bonds. The molecule has 1 aromatic carbocycles. The third-order valence-electron chi connectivity index (χ3n) is 11.6. The number of carbonyl (C=O) groups excluding carboxylic acids is 3. The number of carbonyl (C=O) groups is 3. The first-order valence-corrected chi connectivity index (χ1v) is 20.8. The smallest absolute Gasteiger partial charge is 0.324 e. The molecule has 2 N–H and O–H groups in total. The van der Waals surface area contributed by atoms with Gasteiger partial charge < -0.3 is 29.2 Å². The van der Waals surface area contributed by atoms with E-state index < -0.39 is 23.5 Å². The predicted octanol–water partition coefficient (Wildman–Crippen LogP) is 5.82. The van der Waals surface area contributed by atoms with Crippen molar-refractivity contribution < 1.29 is 23.9 Å². The molecular weight excluding hydrogens is 729 g/mol. The lowest BCUT2D eigenvalue weighted by molar-refractivity contribution is -0.155. The Morgan fingerprint density at radius 1 is 1.16 bits per heavy atom. The summed E-state index contributed by atoms with van der Waals surface area (Å²) in [5, 5.41) is 8.43. The number of aryl methyl sites for hydroxylation is 1. The van der Waals surface area contributed by atoms with Crippen molar-refractivity contribution >= 4 is 40.1 Å². The predicted molar refractivity (Wildman–Crippen MR) is 218 cm³/mol. The van der Waals surface area contributed by atoms with Crippen LogP contribution in [0, 0.1) is 5.41 Å². The average molecular weight is 785 g/mol. The van der Waals surface area contributed by atoms with Gasteiger partial charge in [0.2, 0.25) is 0 Å². The Balaban J connectivity index is 1.30. The summed E-state index contributed by atoms with van der Waals surface area (Å²) in [5.41, 5.74) is 9.66. The molecule has 0 radical (unpaired) electrons. The van der Waals surface area contributed by atoms with Gasteiger partial charge in [-0.3, -0.25) is 19.6 Å². The van der Waals surface area contributed by atoms with Crippen LogP contribution in [0.4, 0.5) is 4.79 Å². The van der Waals surface area contributed by atoms with E-state index >= 15 is 0 Å². The van der Waals surface area contributed by atoms with Gasteiger partial charge in [0, 0.05) is 84.8 Å². The Hall–Kier alpha value is -4.37. The number of hydrogen-bond acceptors (Lipinski definition) is 10. The maximum Gasteiger partial charge on any atom is 0.324 e. The number of thiazole rings is 1. The molecule has 6 heterocycles. The Kier molecular flexibility index (Phi) is 11.8. The first-order valence-electron chi connectivity index (χ1n) is 19.9. The number of benzene rings is 1. The molecule has 3 atom stereocenters. The van der Waals surface area contributed by atoms with E-state index in [0.29, 0.717) is 44.9 Å². The Labute approximate surface area is 333 Å². The standard InChI is InChI=1S/C42H56N8O5S/c1-8-49-35-14-13-27-21-30(35)31(38(49)29-11-9-17-43-37(29)26(2)54-7)23-42(3,4)25-55-40(52)32-12-10-18-50(46-32)39(51)33(22-36-44-34(27)24-56-36)45-41(53)48-19-15-28(16-20-48)47(5)6/h9,11,13-14,17,21,24,26,28,32-33,46H,8,10,12,15-16,18-20,22-23,25H2,1-7H3,(H,45,53)/t26-,32-,33-/m0/s1. The lowest BCUT2D eigenvalue weighted by Crippen LogP contribution is -2.61. The molecule has 2 saturated heterocycles. The van der Waals surface area contributed by atoms with Gasteiger partial charge in [-0.05, 0) is 89.9 Å². The number of amides is 3. The Morgan fingerprint density at radius 2 is 1.95 bits per heavy atom. The second-order valence-electron chi connectivity index (χ2n) is 16.4. The first kappa shape index (κ1) is 39.8. The van der Waals surface area contributed by atoms with Gasteiger partial charge in [0.05, 0.1) is 34.8 Å². The number of fused-ring (bicyclic) bond motifs is 6. The van der Waals surface area contributed by atoms with Crippen molar-refractivity contribution in [1.29, 1.82) is 0 Å². The van der Waals surface area contributed by atoms with Crippen molar-refractivity contribution in [2.75, 3.05) is 47.4 Å². The van der Waals surface area contributed by atoms with Crippen LogP contribution in [0.25, 0.3) is 33.4 Å². The largest absolute Gasteiger partial charge is 0.464 e. The molecule has 3 aliphatic heterocycles. The van der Waals surface area contributed by atoms with Gasteiger partial charge in [-0.25, -0.2) is 15.2 Å². The molecule has 2 fully saturated rings. The molecular formula is C42H56N8O5S. The molecule has 7 rings (SSSR count). The van der Waals surface area contributed by atoms with Crippen LogP contribution in [0.15, 0.2) is 41.9 Å². The molecule has 3 aromatic heterocycles. The normalized spacial score (nSPS) is 21.6. The lowest BCUT2D eigenvalue weighted by Gasteiger charge is -2.37. The zero-order chi connectivity index (χ0) is 39.7. The van der Waals surface area contributed by atoms with Crippen molar-refractivity contribution in [2.45, 2.75) is 97.0 Å². The minimum Gasteiger partial charge on any atom is -0.464 e. The van der Waals surface area contributed by atoms with E-state index in [0.717, 1.165) is 69.1 Å². The Bertz CT molecular complexity index is 2070. The number of likely N-dealkylation sites (tertiary alicyclic amines) is 1. The van der Waals surface area contributed by atoms with Crippen LogP contribution >= 0.6 is 11.3 Å². The van der Waals surface area contributed by atoms with Gasteiger partial charge in [-0.15, -0.1) is 11.3 Å². The number of methoxy groups -OCH3 is 1. The third-order valence-corrected chi connectivity index (χ3v) is 12.5. The van der Waals surface area contributed by atoms with Gasteiger partial charge >= 0.3 is 12.0 Å². The fraction of sp³-hybridized carbons (Fsp3) is 0.548. The summed E-state index contributed by atoms with van der Waals surface area (Å²) in [7, 11) is 5.83. The molecule has 56 heavy (non-hydrogen) atoms. The molecule has 6 bridgehead atoms. The minimum absolute atomic E-state index is 0.183. The van der Waals surface area contributed by atoms with E-state index in [1.807, 2.05) is 18.4 Å². The number of nitrogens with one attached hydrogen (secondary N) is 2. The molecule has 0 saturated carbocycles. The van der Waals surface area contributed by atoms with Crippen molar-refractivity contribution in [2.24, 2.45) is 5.41 Å². The van der Waals surface area contributed by atoms with Crippen molar-refractivity contribution in [3.05, 3.63) is 58.2 Å². The molecule has 4 aromatic rings. The molecule has 0 unspecified atom stereocenters. The third kappa shape index (κ3) is 8.20. The summed E-state index contributed by atoms with van der Waals surface area (Å²) in [5.74, 6) is -0.693. The van der Waals surface area contributed by atoms with Gasteiger partial charge in [-0.2, -0.15) is 0 Å². The number of aromatic nitrogens is 3. The van der Waals surface area contributed by atoms with Crippen LogP contribution in [0.3, 0.4) is 0 Å². The van der Waals surface area contributed by atoms with Gasteiger partial charge in [0.1, 0.15) is 12.1 Å². The van der Waals surface area contributed by atoms with Crippen molar-refractivity contribution in [3.8, 4) is 22.5 Å².